The molecular weight excluding hydrogens is 156 g/mol. The number of carboxylic acids is 1. The molecule has 0 aromatic rings. The molecular formula is C9H22O3. The van der Waals surface area contributed by atoms with Crippen LogP contribution < -0.4 is 0 Å². The van der Waals surface area contributed by atoms with Gasteiger partial charge in [0.2, 0.25) is 0 Å². The van der Waals surface area contributed by atoms with E-state index in [4.69, 9.17) is 15.0 Å². The van der Waals surface area contributed by atoms with Crippen molar-refractivity contribution in [1.29, 1.82) is 0 Å². The summed E-state index contributed by atoms with van der Waals surface area (Å²) in [5, 5.41) is 14.4. The fourth-order valence-electron chi connectivity index (χ4n) is 0.500. The summed E-state index contributed by atoms with van der Waals surface area (Å²) in [6, 6.07) is 0. The average molecular weight is 178 g/mol. The molecule has 12 heavy (non-hydrogen) atoms. The number of hydrogen-bond donors (Lipinski definition) is 2. The van der Waals surface area contributed by atoms with E-state index < -0.39 is 5.97 Å². The minimum atomic E-state index is -0.833. The summed E-state index contributed by atoms with van der Waals surface area (Å²) in [4.78, 5) is 9.00. The van der Waals surface area contributed by atoms with E-state index in [1.54, 1.807) is 0 Å². The lowest BCUT2D eigenvalue weighted by Crippen LogP contribution is -1.78. The van der Waals surface area contributed by atoms with Crippen LogP contribution in [0.25, 0.3) is 0 Å². The first-order valence-corrected chi connectivity index (χ1v) is 4.29. The molecule has 76 valence electrons. The van der Waals surface area contributed by atoms with Crippen LogP contribution in [0.3, 0.4) is 0 Å². The van der Waals surface area contributed by atoms with Crippen LogP contribution in [0.4, 0.5) is 0 Å². The molecule has 0 saturated heterocycles. The summed E-state index contributed by atoms with van der Waals surface area (Å²) in [6.45, 7) is 5.55. The molecule has 2 N–H and O–H groups in total. The van der Waals surface area contributed by atoms with Crippen molar-refractivity contribution in [1.82, 2.24) is 0 Å². The van der Waals surface area contributed by atoms with E-state index in [2.05, 4.69) is 13.8 Å². The van der Waals surface area contributed by atoms with E-state index in [1.165, 1.54) is 25.7 Å². The topological polar surface area (TPSA) is 57.5 Å². The average Bonchev–Trinajstić information content (AvgIpc) is 2.04. The van der Waals surface area contributed by atoms with Crippen LogP contribution >= 0.6 is 0 Å². The van der Waals surface area contributed by atoms with Gasteiger partial charge in [-0.05, 0) is 0 Å². The van der Waals surface area contributed by atoms with Crippen LogP contribution in [0.2, 0.25) is 0 Å². The predicted octanol–water partition coefficient (Wildman–Crippen LogP) is 2.29. The first-order chi connectivity index (χ1) is 5.65. The van der Waals surface area contributed by atoms with Gasteiger partial charge in [0, 0.05) is 14.0 Å². The Morgan fingerprint density at radius 2 is 1.25 bits per heavy atom. The van der Waals surface area contributed by atoms with Gasteiger partial charge in [0.15, 0.2) is 0 Å². The number of rotatable bonds is 3. The second-order valence-corrected chi connectivity index (χ2v) is 2.23. The number of aliphatic carboxylic acids is 1. The summed E-state index contributed by atoms with van der Waals surface area (Å²) in [5.74, 6) is -0.833. The summed E-state index contributed by atoms with van der Waals surface area (Å²) in [6.07, 6.45) is 5.54. The second kappa shape index (κ2) is 22.4. The van der Waals surface area contributed by atoms with E-state index in [1.807, 2.05) is 0 Å². The van der Waals surface area contributed by atoms with Crippen LogP contribution in [-0.4, -0.2) is 23.3 Å². The Balaban J connectivity index is -0.000000118. The molecule has 0 aliphatic carbocycles. The minimum Gasteiger partial charge on any atom is -0.481 e. The number of carbonyl (C=O) groups is 1. The van der Waals surface area contributed by atoms with Gasteiger partial charge >= 0.3 is 0 Å². The Morgan fingerprint density at radius 3 is 1.33 bits per heavy atom. The van der Waals surface area contributed by atoms with Gasteiger partial charge in [-0.15, -0.1) is 0 Å². The fraction of sp³-hybridized carbons (Fsp3) is 0.889. The van der Waals surface area contributed by atoms with E-state index in [0.29, 0.717) is 0 Å². The molecule has 3 nitrogen and oxygen atoms in total. The highest BCUT2D eigenvalue weighted by Gasteiger charge is 1.75. The number of hydrogen-bond acceptors (Lipinski definition) is 2. The predicted molar refractivity (Wildman–Crippen MR) is 51.3 cm³/mol. The van der Waals surface area contributed by atoms with Crippen molar-refractivity contribution in [3.05, 3.63) is 0 Å². The van der Waals surface area contributed by atoms with Crippen LogP contribution in [0, 0.1) is 0 Å². The maximum atomic E-state index is 9.00. The first-order valence-electron chi connectivity index (χ1n) is 4.29. The Morgan fingerprint density at radius 1 is 1.08 bits per heavy atom. The van der Waals surface area contributed by atoms with Crippen molar-refractivity contribution in [2.75, 3.05) is 7.11 Å². The van der Waals surface area contributed by atoms with Crippen LogP contribution in [-0.2, 0) is 4.79 Å². The third-order valence-electron chi connectivity index (χ3n) is 0.957. The van der Waals surface area contributed by atoms with Crippen LogP contribution in [0.5, 0.6) is 0 Å². The molecule has 0 aliphatic rings. The van der Waals surface area contributed by atoms with E-state index in [0.717, 1.165) is 14.0 Å². The summed E-state index contributed by atoms with van der Waals surface area (Å²) >= 11 is 0. The second-order valence-electron chi connectivity index (χ2n) is 2.23. The summed E-state index contributed by atoms with van der Waals surface area (Å²) < 4.78 is 0. The van der Waals surface area contributed by atoms with E-state index in [-0.39, 0.29) is 0 Å². The third-order valence-corrected chi connectivity index (χ3v) is 0.957. The quantitative estimate of drug-likeness (QED) is 0.652. The highest BCUT2D eigenvalue weighted by Crippen LogP contribution is 1.95. The van der Waals surface area contributed by atoms with Gasteiger partial charge in [0.1, 0.15) is 0 Å². The SMILES string of the molecule is CC(=O)O.CCCCCC.CO. The standard InChI is InChI=1S/C6H14.C2H4O2.CH4O/c1-3-5-6-4-2;1-2(3)4;1-2/h3-6H2,1-2H3;1H3,(H,3,4);2H,1H3. The zero-order chi connectivity index (χ0) is 10.4. The molecule has 0 amide bonds. The molecule has 0 spiro atoms. The lowest BCUT2D eigenvalue weighted by atomic mass is 10.2. The van der Waals surface area contributed by atoms with Gasteiger partial charge in [0.25, 0.3) is 5.97 Å². The van der Waals surface area contributed by atoms with Crippen molar-refractivity contribution in [2.45, 2.75) is 46.5 Å². The van der Waals surface area contributed by atoms with Gasteiger partial charge in [-0.2, -0.15) is 0 Å². The van der Waals surface area contributed by atoms with Gasteiger partial charge in [0.05, 0.1) is 0 Å². The molecule has 0 heterocycles. The minimum absolute atomic E-state index is 0.833. The number of carboxylic acid groups (broad SMARTS) is 1. The summed E-state index contributed by atoms with van der Waals surface area (Å²) in [5.41, 5.74) is 0. The molecule has 0 aromatic heterocycles. The molecule has 0 rings (SSSR count). The molecule has 0 bridgehead atoms. The maximum Gasteiger partial charge on any atom is 0.300 e. The highest BCUT2D eigenvalue weighted by atomic mass is 16.4. The Hall–Kier alpha value is -0.570. The number of aliphatic hydroxyl groups excluding tert-OH is 1. The van der Waals surface area contributed by atoms with Crippen LogP contribution in [0.15, 0.2) is 0 Å². The zero-order valence-electron chi connectivity index (χ0n) is 8.63. The molecule has 0 saturated carbocycles. The highest BCUT2D eigenvalue weighted by molar-refractivity contribution is 5.62. The number of unbranched alkanes of at least 4 members (excludes halogenated alkanes) is 3. The lowest BCUT2D eigenvalue weighted by Gasteiger charge is -1.86. The molecule has 0 radical (unpaired) electrons. The molecule has 3 heteroatoms. The normalized spacial score (nSPS) is 7.08. The van der Waals surface area contributed by atoms with Crippen molar-refractivity contribution in [3.63, 3.8) is 0 Å². The summed E-state index contributed by atoms with van der Waals surface area (Å²) in [7, 11) is 1.00. The molecule has 0 aliphatic heterocycles. The van der Waals surface area contributed by atoms with Crippen LogP contribution in [0.1, 0.15) is 46.5 Å². The molecule has 0 atom stereocenters. The number of aliphatic hydroxyl groups is 1. The smallest absolute Gasteiger partial charge is 0.300 e. The molecule has 0 fully saturated rings. The van der Waals surface area contributed by atoms with Crippen molar-refractivity contribution in [2.24, 2.45) is 0 Å². The monoisotopic (exact) mass is 178 g/mol. The van der Waals surface area contributed by atoms with E-state index >= 15 is 0 Å². The first kappa shape index (κ1) is 17.5. The Labute approximate surface area is 75.4 Å². The van der Waals surface area contributed by atoms with Gasteiger partial charge in [-0.25, -0.2) is 0 Å². The fourth-order valence-corrected chi connectivity index (χ4v) is 0.500. The third kappa shape index (κ3) is 113. The van der Waals surface area contributed by atoms with E-state index in [9.17, 15) is 0 Å². The lowest BCUT2D eigenvalue weighted by molar-refractivity contribution is -0.134. The zero-order valence-corrected chi connectivity index (χ0v) is 8.63. The van der Waals surface area contributed by atoms with Crippen molar-refractivity contribution < 1.29 is 15.0 Å². The van der Waals surface area contributed by atoms with Gasteiger partial charge < -0.3 is 10.2 Å². The Kier molecular flexibility index (Phi) is 32.7. The van der Waals surface area contributed by atoms with Crippen molar-refractivity contribution in [3.8, 4) is 0 Å². The maximum absolute atomic E-state index is 9.00. The Bertz CT molecular complexity index is 64.2. The largest absolute Gasteiger partial charge is 0.481 e. The van der Waals surface area contributed by atoms with Gasteiger partial charge in [-0.1, -0.05) is 39.5 Å². The molecule has 0 aromatic carbocycles. The van der Waals surface area contributed by atoms with Gasteiger partial charge in [-0.3, -0.25) is 4.79 Å². The molecule has 0 unspecified atom stereocenters. The van der Waals surface area contributed by atoms with Crippen molar-refractivity contribution >= 4 is 5.97 Å².